The van der Waals surface area contributed by atoms with E-state index in [0.29, 0.717) is 18.8 Å². The smallest absolute Gasteiger partial charge is 0.312 e. The molecule has 0 bridgehead atoms. The molecule has 10 heteroatoms. The van der Waals surface area contributed by atoms with Crippen molar-refractivity contribution in [2.24, 2.45) is 11.3 Å². The van der Waals surface area contributed by atoms with Crippen LogP contribution in [0.3, 0.4) is 0 Å². The summed E-state index contributed by atoms with van der Waals surface area (Å²) in [5.74, 6) is -0.497. The Labute approximate surface area is 234 Å². The molecule has 0 saturated carbocycles. The lowest BCUT2D eigenvalue weighted by Gasteiger charge is -2.37. The van der Waals surface area contributed by atoms with E-state index in [1.807, 2.05) is 52.0 Å². The number of unbranched alkanes of at least 4 members (excludes halogenated alkanes) is 2. The first kappa shape index (κ1) is 33.0. The van der Waals surface area contributed by atoms with Crippen LogP contribution in [-0.2, 0) is 35.7 Å². The van der Waals surface area contributed by atoms with Gasteiger partial charge in [-0.25, -0.2) is 13.1 Å². The van der Waals surface area contributed by atoms with Gasteiger partial charge in [0.15, 0.2) is 0 Å². The molecular formula is C29H48N2O7S. The van der Waals surface area contributed by atoms with Crippen molar-refractivity contribution in [3.63, 3.8) is 0 Å². The van der Waals surface area contributed by atoms with E-state index in [9.17, 15) is 18.0 Å². The van der Waals surface area contributed by atoms with Crippen molar-refractivity contribution in [3.8, 4) is 5.75 Å². The number of esters is 2. The van der Waals surface area contributed by atoms with Crippen molar-refractivity contribution in [2.75, 3.05) is 32.0 Å². The lowest BCUT2D eigenvalue weighted by atomic mass is 9.75. The zero-order valence-corrected chi connectivity index (χ0v) is 25.2. The van der Waals surface area contributed by atoms with Gasteiger partial charge in [-0.3, -0.25) is 9.59 Å². The Morgan fingerprint density at radius 2 is 1.79 bits per heavy atom. The van der Waals surface area contributed by atoms with Crippen molar-refractivity contribution in [1.82, 2.24) is 10.0 Å². The van der Waals surface area contributed by atoms with Crippen molar-refractivity contribution < 1.29 is 32.2 Å². The molecule has 2 rings (SSSR count). The van der Waals surface area contributed by atoms with E-state index in [2.05, 4.69) is 10.0 Å². The van der Waals surface area contributed by atoms with Gasteiger partial charge in [-0.15, -0.1) is 0 Å². The van der Waals surface area contributed by atoms with Gasteiger partial charge in [-0.2, -0.15) is 0 Å². The zero-order valence-electron chi connectivity index (χ0n) is 24.3. The van der Waals surface area contributed by atoms with Crippen molar-refractivity contribution in [2.45, 2.75) is 91.8 Å². The van der Waals surface area contributed by atoms with Crippen LogP contribution in [0.1, 0.15) is 85.1 Å². The minimum absolute atomic E-state index is 0.00385. The summed E-state index contributed by atoms with van der Waals surface area (Å²) in [5.41, 5.74) is -0.220. The summed E-state index contributed by atoms with van der Waals surface area (Å²) in [6, 6.07) is 7.39. The molecule has 0 amide bonds. The predicted molar refractivity (Wildman–Crippen MR) is 152 cm³/mol. The number of ether oxygens (including phenoxy) is 3. The van der Waals surface area contributed by atoms with Gasteiger partial charge in [0.05, 0.1) is 23.7 Å². The van der Waals surface area contributed by atoms with E-state index >= 15 is 0 Å². The normalized spacial score (nSPS) is 16.3. The molecule has 1 aliphatic heterocycles. The Morgan fingerprint density at radius 1 is 1.10 bits per heavy atom. The third kappa shape index (κ3) is 11.8. The number of carbonyl (C=O) groups excluding carboxylic acids is 2. The number of carbonyl (C=O) groups is 2. The summed E-state index contributed by atoms with van der Waals surface area (Å²) in [5, 5.41) is 3.34. The number of piperidine rings is 1. The quantitative estimate of drug-likeness (QED) is 0.223. The Kier molecular flexibility index (Phi) is 13.2. The molecule has 9 nitrogen and oxygen atoms in total. The van der Waals surface area contributed by atoms with E-state index in [0.717, 1.165) is 57.2 Å². The Morgan fingerprint density at radius 3 is 2.46 bits per heavy atom. The number of nitrogens with one attached hydrogen (secondary N) is 2. The number of benzene rings is 1. The van der Waals surface area contributed by atoms with Gasteiger partial charge >= 0.3 is 11.9 Å². The van der Waals surface area contributed by atoms with Gasteiger partial charge in [-0.05, 0) is 78.5 Å². The lowest BCUT2D eigenvalue weighted by Crippen LogP contribution is -2.45. The van der Waals surface area contributed by atoms with Crippen LogP contribution in [0, 0.1) is 11.3 Å². The number of sulfonamides is 1. The van der Waals surface area contributed by atoms with Gasteiger partial charge in [-0.1, -0.05) is 38.5 Å². The van der Waals surface area contributed by atoms with E-state index in [4.69, 9.17) is 14.2 Å². The summed E-state index contributed by atoms with van der Waals surface area (Å²) in [7, 11) is -3.39. The molecule has 1 aliphatic rings. The molecule has 0 spiro atoms. The van der Waals surface area contributed by atoms with Crippen molar-refractivity contribution in [1.29, 1.82) is 0 Å². The van der Waals surface area contributed by atoms with E-state index in [1.165, 1.54) is 0 Å². The molecule has 1 aromatic carbocycles. The van der Waals surface area contributed by atoms with Gasteiger partial charge < -0.3 is 19.5 Å². The van der Waals surface area contributed by atoms with E-state index in [-0.39, 0.29) is 24.9 Å². The molecule has 0 aliphatic carbocycles. The predicted octanol–water partition coefficient (Wildman–Crippen LogP) is 4.35. The second-order valence-corrected chi connectivity index (χ2v) is 13.4. The first-order chi connectivity index (χ1) is 18.4. The van der Waals surface area contributed by atoms with Crippen LogP contribution in [-0.4, -0.2) is 58.0 Å². The van der Waals surface area contributed by atoms with Crippen LogP contribution >= 0.6 is 0 Å². The number of hydrogen-bond donors (Lipinski definition) is 2. The first-order valence-electron chi connectivity index (χ1n) is 14.2. The topological polar surface area (TPSA) is 120 Å². The highest BCUT2D eigenvalue weighted by Gasteiger charge is 2.41. The summed E-state index contributed by atoms with van der Waals surface area (Å²) in [6.07, 6.45) is 5.28. The highest BCUT2D eigenvalue weighted by Crippen LogP contribution is 2.37. The fourth-order valence-corrected chi connectivity index (χ4v) is 5.71. The van der Waals surface area contributed by atoms with Gasteiger partial charge in [0.2, 0.25) is 10.0 Å². The maximum absolute atomic E-state index is 13.0. The number of para-hydroxylation sites is 1. The maximum Gasteiger partial charge on any atom is 0.312 e. The lowest BCUT2D eigenvalue weighted by molar-refractivity contribution is -0.170. The third-order valence-electron chi connectivity index (χ3n) is 6.82. The second kappa shape index (κ2) is 15.6. The van der Waals surface area contributed by atoms with Crippen LogP contribution in [0.2, 0.25) is 0 Å². The standard InChI is InChI=1S/C29H48N2O7S/c1-6-7-20-39(34,35)31-21-23(2)26(32)37-22-24-12-8-9-13-25(24)36-19-11-10-14-29(15-17-30-18-16-29)27(33)38-28(3,4)5/h8-9,12-13,23,30-31H,6-7,10-11,14-22H2,1-5H3. The second-order valence-electron chi connectivity index (χ2n) is 11.5. The molecule has 222 valence electrons. The van der Waals surface area contributed by atoms with Crippen LogP contribution in [0.25, 0.3) is 0 Å². The van der Waals surface area contributed by atoms with Crippen molar-refractivity contribution in [3.05, 3.63) is 29.8 Å². The van der Waals surface area contributed by atoms with Crippen LogP contribution in [0.4, 0.5) is 0 Å². The fourth-order valence-electron chi connectivity index (χ4n) is 4.39. The fraction of sp³-hybridized carbons (Fsp3) is 0.724. The molecule has 1 saturated heterocycles. The molecule has 39 heavy (non-hydrogen) atoms. The molecule has 0 radical (unpaired) electrons. The minimum atomic E-state index is -3.39. The minimum Gasteiger partial charge on any atom is -0.493 e. The molecular weight excluding hydrogens is 520 g/mol. The molecule has 1 unspecified atom stereocenters. The Balaban J connectivity index is 1.82. The SMILES string of the molecule is CCCCS(=O)(=O)NCC(C)C(=O)OCc1ccccc1OCCCCC1(C(=O)OC(C)(C)C)CCNCC1. The molecule has 1 aromatic rings. The molecule has 2 N–H and O–H groups in total. The first-order valence-corrected chi connectivity index (χ1v) is 15.8. The van der Waals surface area contributed by atoms with Gasteiger partial charge in [0.1, 0.15) is 18.0 Å². The average Bonchev–Trinajstić information content (AvgIpc) is 2.89. The largest absolute Gasteiger partial charge is 0.493 e. The summed E-state index contributed by atoms with van der Waals surface area (Å²) in [6.45, 7) is 11.4. The zero-order chi connectivity index (χ0) is 28.9. The average molecular weight is 569 g/mol. The molecule has 0 aromatic heterocycles. The van der Waals surface area contributed by atoms with Gasteiger partial charge in [0.25, 0.3) is 0 Å². The van der Waals surface area contributed by atoms with E-state index < -0.39 is 32.9 Å². The molecule has 1 fully saturated rings. The van der Waals surface area contributed by atoms with E-state index in [1.54, 1.807) is 6.92 Å². The highest BCUT2D eigenvalue weighted by atomic mass is 32.2. The highest BCUT2D eigenvalue weighted by molar-refractivity contribution is 7.89. The number of rotatable bonds is 16. The molecule has 1 heterocycles. The van der Waals surface area contributed by atoms with Crippen molar-refractivity contribution >= 4 is 22.0 Å². The summed E-state index contributed by atoms with van der Waals surface area (Å²) < 4.78 is 43.7. The Hall–Kier alpha value is -2.17. The third-order valence-corrected chi connectivity index (χ3v) is 8.25. The summed E-state index contributed by atoms with van der Waals surface area (Å²) >= 11 is 0. The molecule has 1 atom stereocenters. The monoisotopic (exact) mass is 568 g/mol. The Bertz CT molecular complexity index is 1010. The van der Waals surface area contributed by atoms with Crippen LogP contribution in [0.15, 0.2) is 24.3 Å². The number of hydrogen-bond acceptors (Lipinski definition) is 8. The summed E-state index contributed by atoms with van der Waals surface area (Å²) in [4.78, 5) is 25.5. The maximum atomic E-state index is 13.0. The van der Waals surface area contributed by atoms with Crippen LogP contribution in [0.5, 0.6) is 5.75 Å². The van der Waals surface area contributed by atoms with Gasteiger partial charge in [0, 0.05) is 12.1 Å². The van der Waals surface area contributed by atoms with Crippen LogP contribution < -0.4 is 14.8 Å².